The number of ether oxygens (including phenoxy) is 2. The number of hydrazine groups is 1. The van der Waals surface area contributed by atoms with Crippen LogP contribution in [-0.4, -0.2) is 48.9 Å². The molecule has 2 aromatic rings. The van der Waals surface area contributed by atoms with Gasteiger partial charge in [-0.1, -0.05) is 18.2 Å². The maximum atomic E-state index is 12.2. The smallest absolute Gasteiger partial charge is 0.331 e. The van der Waals surface area contributed by atoms with Crippen LogP contribution in [0.3, 0.4) is 0 Å². The molecule has 126 valence electrons. The molecule has 1 aromatic carbocycles. The number of anilines is 1. The highest BCUT2D eigenvalue weighted by Crippen LogP contribution is 2.28. The van der Waals surface area contributed by atoms with E-state index in [-0.39, 0.29) is 12.1 Å². The molecule has 1 aliphatic heterocycles. The summed E-state index contributed by atoms with van der Waals surface area (Å²) in [5, 5.41) is 8.85. The second-order valence-corrected chi connectivity index (χ2v) is 5.25. The lowest BCUT2D eigenvalue weighted by atomic mass is 10.0. The fraction of sp³-hybridized carbons (Fsp3) is 0.333. The predicted octanol–water partition coefficient (Wildman–Crippen LogP) is -0.421. The van der Waals surface area contributed by atoms with Crippen LogP contribution in [0.15, 0.2) is 29.1 Å². The first-order valence-corrected chi connectivity index (χ1v) is 7.24. The average molecular weight is 332 g/mol. The molecule has 1 fully saturated rings. The minimum atomic E-state index is -0.954. The van der Waals surface area contributed by atoms with Gasteiger partial charge in [0.25, 0.3) is 5.56 Å². The van der Waals surface area contributed by atoms with E-state index in [1.54, 1.807) is 24.3 Å². The Balaban J connectivity index is 2.11. The van der Waals surface area contributed by atoms with Gasteiger partial charge < -0.3 is 9.47 Å². The Morgan fingerprint density at radius 1 is 1.17 bits per heavy atom. The number of hydrogen-bond acceptors (Lipinski definition) is 8. The highest BCUT2D eigenvalue weighted by atomic mass is 16.5. The highest BCUT2D eigenvalue weighted by Gasteiger charge is 2.46. The number of H-pyrrole nitrogens is 1. The number of nitrogens with zero attached hydrogens (tertiary/aromatic N) is 2. The molecule has 1 aliphatic rings. The van der Waals surface area contributed by atoms with Gasteiger partial charge in [-0.3, -0.25) is 14.6 Å². The zero-order chi connectivity index (χ0) is 17.3. The van der Waals surface area contributed by atoms with Crippen molar-refractivity contribution >= 4 is 28.5 Å². The van der Waals surface area contributed by atoms with Crippen molar-refractivity contribution in [2.24, 2.45) is 5.92 Å². The first-order chi connectivity index (χ1) is 11.6. The van der Waals surface area contributed by atoms with Crippen molar-refractivity contribution in [3.05, 3.63) is 34.6 Å². The summed E-state index contributed by atoms with van der Waals surface area (Å²) in [6.45, 7) is 0.182. The molecule has 9 nitrogen and oxygen atoms in total. The molecule has 1 saturated heterocycles. The van der Waals surface area contributed by atoms with Crippen molar-refractivity contribution in [2.75, 3.05) is 25.8 Å². The third kappa shape index (κ3) is 2.48. The summed E-state index contributed by atoms with van der Waals surface area (Å²) >= 11 is 0. The van der Waals surface area contributed by atoms with Crippen LogP contribution in [0, 0.1) is 5.92 Å². The lowest BCUT2D eigenvalue weighted by Gasteiger charge is -2.25. The number of nitrogens with one attached hydrogen (secondary N) is 2. The van der Waals surface area contributed by atoms with Crippen molar-refractivity contribution in [3.63, 3.8) is 0 Å². The first kappa shape index (κ1) is 15.9. The molecule has 1 aromatic heterocycles. The Labute approximate surface area is 136 Å². The monoisotopic (exact) mass is 332 g/mol. The van der Waals surface area contributed by atoms with Crippen molar-refractivity contribution in [2.45, 2.75) is 6.04 Å². The van der Waals surface area contributed by atoms with Gasteiger partial charge in [0, 0.05) is 11.9 Å². The molecule has 0 saturated carbocycles. The van der Waals surface area contributed by atoms with Crippen LogP contribution in [0.25, 0.3) is 10.8 Å². The molecule has 24 heavy (non-hydrogen) atoms. The molecule has 0 spiro atoms. The van der Waals surface area contributed by atoms with Crippen LogP contribution in [-0.2, 0) is 19.1 Å². The summed E-state index contributed by atoms with van der Waals surface area (Å²) in [5.41, 5.74) is 2.62. The van der Waals surface area contributed by atoms with Crippen molar-refractivity contribution < 1.29 is 19.1 Å². The molecular weight excluding hydrogens is 316 g/mol. The van der Waals surface area contributed by atoms with Gasteiger partial charge in [-0.25, -0.2) is 15.3 Å². The third-order valence-corrected chi connectivity index (χ3v) is 3.99. The van der Waals surface area contributed by atoms with Crippen LogP contribution >= 0.6 is 0 Å². The standard InChI is InChI=1S/C15H16N4O5/c1-23-14(21)10-7-16-19(11(10)15(22)24-2)12-8-5-3-4-6-9(8)13(20)18-17-12/h3-6,10-11,16H,7H2,1-2H3,(H,18,20)/t10-,11-/m0/s1. The van der Waals surface area contributed by atoms with E-state index in [0.717, 1.165) is 0 Å². The molecule has 0 unspecified atom stereocenters. The maximum Gasteiger partial charge on any atom is 0.331 e. The summed E-state index contributed by atoms with van der Waals surface area (Å²) in [7, 11) is 2.50. The first-order valence-electron chi connectivity index (χ1n) is 7.24. The van der Waals surface area contributed by atoms with Gasteiger partial charge >= 0.3 is 11.9 Å². The molecule has 9 heteroatoms. The number of aromatic nitrogens is 2. The van der Waals surface area contributed by atoms with E-state index in [0.29, 0.717) is 16.6 Å². The molecule has 3 rings (SSSR count). The quantitative estimate of drug-likeness (QED) is 0.729. The van der Waals surface area contributed by atoms with E-state index in [1.165, 1.54) is 19.2 Å². The third-order valence-electron chi connectivity index (χ3n) is 3.99. The molecule has 0 amide bonds. The summed E-state index contributed by atoms with van der Waals surface area (Å²) in [6, 6.07) is 5.90. The molecule has 2 heterocycles. The minimum absolute atomic E-state index is 0.182. The fourth-order valence-electron chi connectivity index (χ4n) is 2.83. The van der Waals surface area contributed by atoms with Gasteiger partial charge in [0.1, 0.15) is 5.92 Å². The molecular formula is C15H16N4O5. The van der Waals surface area contributed by atoms with Crippen LogP contribution < -0.4 is 16.0 Å². The average Bonchev–Trinajstić information content (AvgIpc) is 3.05. The number of esters is 2. The topological polar surface area (TPSA) is 114 Å². The summed E-state index contributed by atoms with van der Waals surface area (Å²) in [4.78, 5) is 36.1. The molecule has 2 N–H and O–H groups in total. The zero-order valence-electron chi connectivity index (χ0n) is 13.1. The number of hydrogen-bond donors (Lipinski definition) is 2. The highest BCUT2D eigenvalue weighted by molar-refractivity contribution is 5.95. The summed E-state index contributed by atoms with van der Waals surface area (Å²) in [5.74, 6) is -1.57. The van der Waals surface area contributed by atoms with E-state index in [4.69, 9.17) is 9.47 Å². The number of rotatable bonds is 3. The Morgan fingerprint density at radius 3 is 2.50 bits per heavy atom. The largest absolute Gasteiger partial charge is 0.469 e. The number of carbonyl (C=O) groups is 2. The lowest BCUT2D eigenvalue weighted by molar-refractivity contribution is -0.152. The zero-order valence-corrected chi connectivity index (χ0v) is 13.1. The van der Waals surface area contributed by atoms with Crippen LogP contribution in [0.4, 0.5) is 5.82 Å². The van der Waals surface area contributed by atoms with E-state index < -0.39 is 23.9 Å². The van der Waals surface area contributed by atoms with Crippen LogP contribution in [0.2, 0.25) is 0 Å². The van der Waals surface area contributed by atoms with Crippen molar-refractivity contribution in [1.82, 2.24) is 15.6 Å². The van der Waals surface area contributed by atoms with E-state index >= 15 is 0 Å². The predicted molar refractivity (Wildman–Crippen MR) is 84.2 cm³/mol. The molecule has 0 radical (unpaired) electrons. The van der Waals surface area contributed by atoms with Gasteiger partial charge in [0.15, 0.2) is 11.9 Å². The Morgan fingerprint density at radius 2 is 1.83 bits per heavy atom. The second-order valence-electron chi connectivity index (χ2n) is 5.25. The number of carbonyl (C=O) groups excluding carboxylic acids is 2. The molecule has 0 bridgehead atoms. The minimum Gasteiger partial charge on any atom is -0.469 e. The lowest BCUT2D eigenvalue weighted by Crippen LogP contribution is -2.46. The van der Waals surface area contributed by atoms with Crippen LogP contribution in [0.1, 0.15) is 0 Å². The molecule has 0 aliphatic carbocycles. The van der Waals surface area contributed by atoms with Crippen molar-refractivity contribution in [3.8, 4) is 0 Å². The van der Waals surface area contributed by atoms with Gasteiger partial charge in [-0.2, -0.15) is 5.10 Å². The second kappa shape index (κ2) is 6.28. The fourth-order valence-corrected chi connectivity index (χ4v) is 2.83. The molecule has 2 atom stereocenters. The summed E-state index contributed by atoms with van der Waals surface area (Å²) in [6.07, 6.45) is 0. The number of fused-ring (bicyclic) bond motifs is 1. The van der Waals surface area contributed by atoms with E-state index in [2.05, 4.69) is 15.6 Å². The van der Waals surface area contributed by atoms with Gasteiger partial charge in [0.05, 0.1) is 19.6 Å². The number of benzene rings is 1. The SMILES string of the molecule is COC(=O)[C@H]1CNN(c2n[nH]c(=O)c3ccccc23)[C@@H]1C(=O)OC. The van der Waals surface area contributed by atoms with Gasteiger partial charge in [-0.05, 0) is 6.07 Å². The summed E-state index contributed by atoms with van der Waals surface area (Å²) < 4.78 is 9.58. The Bertz CT molecular complexity index is 849. The van der Waals surface area contributed by atoms with Gasteiger partial charge in [-0.15, -0.1) is 0 Å². The number of methoxy groups -OCH3 is 2. The Hall–Kier alpha value is -2.94. The van der Waals surface area contributed by atoms with Crippen LogP contribution in [0.5, 0.6) is 0 Å². The van der Waals surface area contributed by atoms with E-state index in [9.17, 15) is 14.4 Å². The normalized spacial score (nSPS) is 20.2. The van der Waals surface area contributed by atoms with Gasteiger partial charge in [0.2, 0.25) is 0 Å². The Kier molecular flexibility index (Phi) is 4.17. The number of aromatic amines is 1. The van der Waals surface area contributed by atoms with Crippen molar-refractivity contribution in [1.29, 1.82) is 0 Å². The van der Waals surface area contributed by atoms with E-state index in [1.807, 2.05) is 0 Å². The maximum absolute atomic E-state index is 12.2.